The second kappa shape index (κ2) is 6.85. The van der Waals surface area contributed by atoms with Crippen LogP contribution in [0.15, 0.2) is 30.3 Å². The highest BCUT2D eigenvalue weighted by atomic mass is 16.5. The van der Waals surface area contributed by atoms with Crippen LogP contribution in [0.3, 0.4) is 0 Å². The zero-order valence-corrected chi connectivity index (χ0v) is 10.9. The van der Waals surface area contributed by atoms with Gasteiger partial charge >= 0.3 is 0 Å². The van der Waals surface area contributed by atoms with Crippen molar-refractivity contribution >= 4 is 0 Å². The van der Waals surface area contributed by atoms with Gasteiger partial charge < -0.3 is 15.2 Å². The molecule has 0 aromatic heterocycles. The van der Waals surface area contributed by atoms with Crippen LogP contribution >= 0.6 is 0 Å². The summed E-state index contributed by atoms with van der Waals surface area (Å²) >= 11 is 0. The molecule has 0 aliphatic carbocycles. The lowest BCUT2D eigenvalue weighted by Crippen LogP contribution is -2.47. The first-order chi connectivity index (χ1) is 8.79. The van der Waals surface area contributed by atoms with Crippen LogP contribution in [0.5, 0.6) is 0 Å². The second-order valence-electron chi connectivity index (χ2n) is 4.74. The molecule has 1 saturated heterocycles. The van der Waals surface area contributed by atoms with Crippen LogP contribution in [0.2, 0.25) is 0 Å². The van der Waals surface area contributed by atoms with Crippen LogP contribution in [-0.4, -0.2) is 55.9 Å². The van der Waals surface area contributed by atoms with Crippen molar-refractivity contribution in [3.8, 4) is 0 Å². The first-order valence-electron chi connectivity index (χ1n) is 6.51. The molecule has 0 amide bonds. The van der Waals surface area contributed by atoms with Crippen LogP contribution in [0.25, 0.3) is 0 Å². The lowest BCUT2D eigenvalue weighted by molar-refractivity contribution is -0.0388. The summed E-state index contributed by atoms with van der Waals surface area (Å²) < 4.78 is 5.65. The molecular weight excluding hydrogens is 228 g/mol. The van der Waals surface area contributed by atoms with Gasteiger partial charge in [0.25, 0.3) is 0 Å². The van der Waals surface area contributed by atoms with E-state index in [-0.39, 0.29) is 6.10 Å². The van der Waals surface area contributed by atoms with Crippen molar-refractivity contribution in [2.45, 2.75) is 12.2 Å². The van der Waals surface area contributed by atoms with E-state index in [0.29, 0.717) is 6.54 Å². The number of aliphatic hydroxyl groups excluding tert-OH is 1. The van der Waals surface area contributed by atoms with Gasteiger partial charge in [-0.1, -0.05) is 30.3 Å². The third kappa shape index (κ3) is 3.78. The van der Waals surface area contributed by atoms with Gasteiger partial charge in [-0.2, -0.15) is 0 Å². The van der Waals surface area contributed by atoms with Crippen molar-refractivity contribution < 1.29 is 9.84 Å². The summed E-state index contributed by atoms with van der Waals surface area (Å²) in [5, 5.41) is 13.3. The first-order valence-corrected chi connectivity index (χ1v) is 6.51. The van der Waals surface area contributed by atoms with Crippen molar-refractivity contribution in [3.63, 3.8) is 0 Å². The maximum Gasteiger partial charge on any atom is 0.0916 e. The molecule has 1 aromatic carbocycles. The molecule has 0 bridgehead atoms. The summed E-state index contributed by atoms with van der Waals surface area (Å²) in [4.78, 5) is 2.27. The third-order valence-corrected chi connectivity index (χ3v) is 3.27. The highest BCUT2D eigenvalue weighted by Crippen LogP contribution is 2.15. The fourth-order valence-electron chi connectivity index (χ4n) is 2.32. The molecule has 0 radical (unpaired) electrons. The molecule has 1 fully saturated rings. The van der Waals surface area contributed by atoms with Gasteiger partial charge in [-0.15, -0.1) is 0 Å². The fraction of sp³-hybridized carbons (Fsp3) is 0.571. The lowest BCUT2D eigenvalue weighted by atomic mass is 10.1. The van der Waals surface area contributed by atoms with E-state index in [1.165, 1.54) is 0 Å². The van der Waals surface area contributed by atoms with E-state index in [4.69, 9.17) is 4.74 Å². The Hall–Kier alpha value is -0.940. The zero-order chi connectivity index (χ0) is 12.8. The van der Waals surface area contributed by atoms with Crippen molar-refractivity contribution in [1.82, 2.24) is 10.2 Å². The van der Waals surface area contributed by atoms with Gasteiger partial charge in [0.1, 0.15) is 0 Å². The summed E-state index contributed by atoms with van der Waals surface area (Å²) in [5.41, 5.74) is 0.981. The maximum atomic E-state index is 10.2. The Morgan fingerprint density at radius 2 is 2.22 bits per heavy atom. The number of nitrogens with zero attached hydrogens (tertiary/aromatic N) is 1. The number of ether oxygens (including phenoxy) is 1. The van der Waals surface area contributed by atoms with Crippen LogP contribution in [0.1, 0.15) is 11.7 Å². The van der Waals surface area contributed by atoms with E-state index in [2.05, 4.69) is 10.2 Å². The molecule has 100 valence electrons. The fourth-order valence-corrected chi connectivity index (χ4v) is 2.32. The number of likely N-dealkylation sites (N-methyl/N-ethyl adjacent to an activating group) is 1. The average molecular weight is 250 g/mol. The van der Waals surface area contributed by atoms with E-state index in [9.17, 15) is 5.11 Å². The predicted octanol–water partition coefficient (Wildman–Crippen LogP) is 0.640. The molecule has 1 heterocycles. The molecule has 1 aliphatic heterocycles. The number of aliphatic hydroxyl groups is 1. The normalized spacial score (nSPS) is 22.9. The summed E-state index contributed by atoms with van der Waals surface area (Å²) in [7, 11) is 1.93. The molecule has 2 N–H and O–H groups in total. The van der Waals surface area contributed by atoms with Gasteiger partial charge in [0, 0.05) is 26.2 Å². The molecule has 0 spiro atoms. The van der Waals surface area contributed by atoms with Crippen molar-refractivity contribution in [3.05, 3.63) is 35.9 Å². The largest absolute Gasteiger partial charge is 0.387 e. The van der Waals surface area contributed by atoms with Gasteiger partial charge in [0.2, 0.25) is 0 Å². The molecule has 0 saturated carbocycles. The number of nitrogens with one attached hydrogen (secondary N) is 1. The zero-order valence-electron chi connectivity index (χ0n) is 10.9. The molecule has 1 aliphatic rings. The Balaban J connectivity index is 1.85. The van der Waals surface area contributed by atoms with Crippen LogP contribution in [-0.2, 0) is 4.74 Å². The highest BCUT2D eigenvalue weighted by molar-refractivity contribution is 5.17. The summed E-state index contributed by atoms with van der Waals surface area (Å²) in [6.45, 7) is 4.05. The molecule has 2 atom stereocenters. The van der Waals surface area contributed by atoms with Gasteiger partial charge in [-0.3, -0.25) is 4.90 Å². The van der Waals surface area contributed by atoms with Gasteiger partial charge in [0.05, 0.1) is 18.8 Å². The SMILES string of the molecule is CNCC1CN(CC(O)c2ccccc2)CCO1. The maximum absolute atomic E-state index is 10.2. The molecular formula is C14H22N2O2. The van der Waals surface area contributed by atoms with Crippen molar-refractivity contribution in [2.24, 2.45) is 0 Å². The summed E-state index contributed by atoms with van der Waals surface area (Å²) in [6, 6.07) is 9.82. The number of morpholine rings is 1. The van der Waals surface area contributed by atoms with Gasteiger partial charge in [-0.05, 0) is 12.6 Å². The Labute approximate surface area is 109 Å². The van der Waals surface area contributed by atoms with E-state index in [1.807, 2.05) is 37.4 Å². The summed E-state index contributed by atoms with van der Waals surface area (Å²) in [6.07, 6.45) is -0.189. The molecule has 18 heavy (non-hydrogen) atoms. The standard InChI is InChI=1S/C14H22N2O2/c1-15-9-13-10-16(7-8-18-13)11-14(17)12-5-3-2-4-6-12/h2-6,13-15,17H,7-11H2,1H3. The molecule has 2 rings (SSSR count). The van der Waals surface area contributed by atoms with Crippen molar-refractivity contribution in [1.29, 1.82) is 0 Å². The monoisotopic (exact) mass is 250 g/mol. The smallest absolute Gasteiger partial charge is 0.0916 e. The first kappa shape index (κ1) is 13.5. The number of hydrogen-bond donors (Lipinski definition) is 2. The highest BCUT2D eigenvalue weighted by Gasteiger charge is 2.22. The predicted molar refractivity (Wildman–Crippen MR) is 71.5 cm³/mol. The Morgan fingerprint density at radius 1 is 1.44 bits per heavy atom. The molecule has 4 nitrogen and oxygen atoms in total. The van der Waals surface area contributed by atoms with E-state index in [0.717, 1.165) is 31.8 Å². The van der Waals surface area contributed by atoms with E-state index in [1.54, 1.807) is 0 Å². The minimum atomic E-state index is -0.417. The lowest BCUT2D eigenvalue weighted by Gasteiger charge is -2.34. The topological polar surface area (TPSA) is 44.7 Å². The third-order valence-electron chi connectivity index (χ3n) is 3.27. The van der Waals surface area contributed by atoms with Crippen molar-refractivity contribution in [2.75, 3.05) is 39.8 Å². The Kier molecular flexibility index (Phi) is 5.13. The Bertz CT molecular complexity index is 343. The molecule has 4 heteroatoms. The number of hydrogen-bond acceptors (Lipinski definition) is 4. The number of benzene rings is 1. The van der Waals surface area contributed by atoms with E-state index >= 15 is 0 Å². The van der Waals surface area contributed by atoms with Gasteiger partial charge in [0.15, 0.2) is 0 Å². The van der Waals surface area contributed by atoms with Crippen LogP contribution < -0.4 is 5.32 Å². The van der Waals surface area contributed by atoms with Crippen LogP contribution in [0.4, 0.5) is 0 Å². The van der Waals surface area contributed by atoms with E-state index < -0.39 is 6.10 Å². The van der Waals surface area contributed by atoms with Crippen LogP contribution in [0, 0.1) is 0 Å². The van der Waals surface area contributed by atoms with Gasteiger partial charge in [-0.25, -0.2) is 0 Å². The number of β-amino-alcohol motifs (C(OH)–C–C–N with tert-alkyl or cyclic N) is 1. The molecule has 1 aromatic rings. The Morgan fingerprint density at radius 3 is 2.94 bits per heavy atom. The second-order valence-corrected chi connectivity index (χ2v) is 4.74. The quantitative estimate of drug-likeness (QED) is 0.805. The molecule has 2 unspecified atom stereocenters. The minimum absolute atomic E-state index is 0.228. The minimum Gasteiger partial charge on any atom is -0.387 e. The average Bonchev–Trinajstić information content (AvgIpc) is 2.40. The summed E-state index contributed by atoms with van der Waals surface area (Å²) in [5.74, 6) is 0. The number of rotatable bonds is 5.